The number of ether oxygens (including phenoxy) is 4. The summed E-state index contributed by atoms with van der Waals surface area (Å²) >= 11 is 0. The fraction of sp³-hybridized carbons (Fsp3) is 0.488. The second-order valence-corrected chi connectivity index (χ2v) is 13.6. The van der Waals surface area contributed by atoms with Crippen molar-refractivity contribution in [3.8, 4) is 34.1 Å². The smallest absolute Gasteiger partial charge is 0.303 e. The zero-order chi connectivity index (χ0) is 36.2. The molecule has 3 aromatic carbocycles. The summed E-state index contributed by atoms with van der Waals surface area (Å²) in [6.07, 6.45) is 8.47. The number of carbonyl (C=O) groups is 3. The maximum absolute atomic E-state index is 13.9. The zero-order valence-electron chi connectivity index (χ0n) is 29.9. The molecular weight excluding hydrogens is 650 g/mol. The van der Waals surface area contributed by atoms with Gasteiger partial charge in [0.05, 0.1) is 13.2 Å². The number of benzene rings is 3. The Morgan fingerprint density at radius 2 is 1.59 bits per heavy atom. The Labute approximate surface area is 300 Å². The quantitative estimate of drug-likeness (QED) is 0.119. The summed E-state index contributed by atoms with van der Waals surface area (Å²) in [4.78, 5) is 38.2. The maximum Gasteiger partial charge on any atom is 0.303 e. The Morgan fingerprint density at radius 3 is 2.39 bits per heavy atom. The highest BCUT2D eigenvalue weighted by Gasteiger charge is 2.29. The van der Waals surface area contributed by atoms with Crippen molar-refractivity contribution in [3.63, 3.8) is 0 Å². The van der Waals surface area contributed by atoms with E-state index in [9.17, 15) is 19.5 Å². The van der Waals surface area contributed by atoms with Crippen molar-refractivity contribution in [2.75, 3.05) is 26.6 Å². The van der Waals surface area contributed by atoms with Gasteiger partial charge in [0.25, 0.3) is 5.91 Å². The first-order chi connectivity index (χ1) is 24.7. The highest BCUT2D eigenvalue weighted by atomic mass is 16.7. The summed E-state index contributed by atoms with van der Waals surface area (Å²) in [5, 5.41) is 18.2. The lowest BCUT2D eigenvalue weighted by Gasteiger charge is -2.38. The minimum Gasteiger partial charge on any atom is -0.494 e. The number of carbonyl (C=O) groups excluding carboxylic acids is 1. The van der Waals surface area contributed by atoms with Gasteiger partial charge in [-0.3, -0.25) is 14.4 Å². The van der Waals surface area contributed by atoms with Crippen LogP contribution in [0.3, 0.4) is 0 Å². The fourth-order valence-electron chi connectivity index (χ4n) is 6.88. The van der Waals surface area contributed by atoms with Crippen LogP contribution < -0.4 is 18.9 Å². The minimum absolute atomic E-state index is 0.000664. The van der Waals surface area contributed by atoms with Crippen molar-refractivity contribution >= 4 is 17.8 Å². The average Bonchev–Trinajstić information content (AvgIpc) is 3.60. The van der Waals surface area contributed by atoms with Crippen LogP contribution in [0.1, 0.15) is 99.5 Å². The molecule has 10 nitrogen and oxygen atoms in total. The Bertz CT molecular complexity index is 1650. The highest BCUT2D eigenvalue weighted by Crippen LogP contribution is 2.38. The monoisotopic (exact) mass is 701 g/mol. The predicted molar refractivity (Wildman–Crippen MR) is 194 cm³/mol. The van der Waals surface area contributed by atoms with E-state index in [1.54, 1.807) is 0 Å². The van der Waals surface area contributed by atoms with E-state index in [0.29, 0.717) is 53.9 Å². The minimum atomic E-state index is -0.870. The molecule has 0 spiro atoms. The Hall–Kier alpha value is -4.73. The van der Waals surface area contributed by atoms with Crippen LogP contribution in [-0.4, -0.2) is 65.6 Å². The molecule has 10 heteroatoms. The molecule has 2 N–H and O–H groups in total. The largest absolute Gasteiger partial charge is 0.494 e. The molecule has 1 fully saturated rings. The van der Waals surface area contributed by atoms with Crippen LogP contribution in [0.25, 0.3) is 11.1 Å². The number of aliphatic carboxylic acids is 2. The number of aryl methyl sites for hydroxylation is 1. The first-order valence-corrected chi connectivity index (χ1v) is 18.4. The number of hydrogen-bond acceptors (Lipinski definition) is 7. The third kappa shape index (κ3) is 10.6. The summed E-state index contributed by atoms with van der Waals surface area (Å²) in [5.74, 6) is 1.50. The second-order valence-electron chi connectivity index (χ2n) is 13.6. The van der Waals surface area contributed by atoms with Gasteiger partial charge in [-0.1, -0.05) is 44.4 Å². The number of fused-ring (bicyclic) bond motifs is 1. The summed E-state index contributed by atoms with van der Waals surface area (Å²) in [5.41, 5.74) is 4.38. The van der Waals surface area contributed by atoms with E-state index in [0.717, 1.165) is 80.2 Å². The third-order valence-corrected chi connectivity index (χ3v) is 9.90. The number of rotatable bonds is 19. The lowest BCUT2D eigenvalue weighted by Crippen LogP contribution is -2.45. The van der Waals surface area contributed by atoms with Gasteiger partial charge in [-0.2, -0.15) is 0 Å². The van der Waals surface area contributed by atoms with E-state index in [1.165, 1.54) is 0 Å². The van der Waals surface area contributed by atoms with Gasteiger partial charge < -0.3 is 34.1 Å². The number of unbranched alkanes of at least 4 members (excludes halogenated alkanes) is 3. The van der Waals surface area contributed by atoms with Gasteiger partial charge in [0.2, 0.25) is 6.79 Å². The SMILES string of the molecule is CCC1CCC(C)N(C(=O)c2cc(OCCCCCCc3cccc(OCCCC(=O)O)c3CCC(=O)O)cc(-c3ccc4c(c3)OCO4)c2)C1. The lowest BCUT2D eigenvalue weighted by molar-refractivity contribution is -0.138. The molecule has 3 aromatic rings. The van der Waals surface area contributed by atoms with Crippen LogP contribution in [0.5, 0.6) is 23.0 Å². The van der Waals surface area contributed by atoms with E-state index in [4.69, 9.17) is 24.1 Å². The summed E-state index contributed by atoms with van der Waals surface area (Å²) in [6, 6.07) is 17.6. The van der Waals surface area contributed by atoms with Crippen molar-refractivity contribution in [1.82, 2.24) is 4.90 Å². The van der Waals surface area contributed by atoms with Crippen LogP contribution in [-0.2, 0) is 22.4 Å². The van der Waals surface area contributed by atoms with Crippen LogP contribution >= 0.6 is 0 Å². The van der Waals surface area contributed by atoms with Gasteiger partial charge in [-0.25, -0.2) is 0 Å². The molecule has 0 aliphatic carbocycles. The molecule has 274 valence electrons. The van der Waals surface area contributed by atoms with Gasteiger partial charge in [0.15, 0.2) is 11.5 Å². The van der Waals surface area contributed by atoms with Crippen LogP contribution in [0.15, 0.2) is 54.6 Å². The second kappa shape index (κ2) is 18.5. The Balaban J connectivity index is 1.19. The number of carboxylic acids is 2. The zero-order valence-corrected chi connectivity index (χ0v) is 29.9. The molecule has 2 atom stereocenters. The molecule has 1 amide bonds. The van der Waals surface area contributed by atoms with E-state index in [2.05, 4.69) is 13.8 Å². The average molecular weight is 702 g/mol. The molecule has 0 aromatic heterocycles. The molecule has 51 heavy (non-hydrogen) atoms. The Morgan fingerprint density at radius 1 is 0.804 bits per heavy atom. The number of likely N-dealkylation sites (tertiary alicyclic amines) is 1. The van der Waals surface area contributed by atoms with Crippen LogP contribution in [0.4, 0.5) is 0 Å². The molecule has 2 unspecified atom stereocenters. The van der Waals surface area contributed by atoms with Gasteiger partial charge in [-0.05, 0) is 116 Å². The lowest BCUT2D eigenvalue weighted by atomic mass is 9.91. The molecule has 0 radical (unpaired) electrons. The first kappa shape index (κ1) is 37.5. The van der Waals surface area contributed by atoms with Crippen molar-refractivity contribution in [2.24, 2.45) is 5.92 Å². The molecule has 5 rings (SSSR count). The van der Waals surface area contributed by atoms with Gasteiger partial charge in [-0.15, -0.1) is 0 Å². The van der Waals surface area contributed by atoms with E-state index in [1.807, 2.05) is 59.5 Å². The molecule has 2 aliphatic rings. The number of amides is 1. The Kier molecular flexibility index (Phi) is 13.6. The molecule has 2 heterocycles. The number of carboxylic acid groups (broad SMARTS) is 2. The number of hydrogen-bond donors (Lipinski definition) is 2. The normalized spacial score (nSPS) is 16.5. The first-order valence-electron chi connectivity index (χ1n) is 18.4. The number of nitrogens with zero attached hydrogens (tertiary/aromatic N) is 1. The fourth-order valence-corrected chi connectivity index (χ4v) is 6.88. The van der Waals surface area contributed by atoms with E-state index in [-0.39, 0.29) is 38.2 Å². The molecule has 2 aliphatic heterocycles. The summed E-state index contributed by atoms with van der Waals surface area (Å²) in [7, 11) is 0. The van der Waals surface area contributed by atoms with Crippen molar-refractivity contribution in [2.45, 2.75) is 96.9 Å². The summed E-state index contributed by atoms with van der Waals surface area (Å²) < 4.78 is 23.3. The van der Waals surface area contributed by atoms with E-state index >= 15 is 0 Å². The van der Waals surface area contributed by atoms with Crippen LogP contribution in [0.2, 0.25) is 0 Å². The molecule has 1 saturated heterocycles. The van der Waals surface area contributed by atoms with Crippen molar-refractivity contribution < 1.29 is 43.5 Å². The maximum atomic E-state index is 13.9. The topological polar surface area (TPSA) is 132 Å². The standard InChI is InChI=1S/C41H51NO9/c1-3-29-15-14-28(2)42(26-29)41(47)33-22-32(31-16-18-37-38(25-31)51-27-50-37)23-34(24-33)48-20-7-5-4-6-10-30-11-8-12-36(35(30)17-19-40(45)46)49-21-9-13-39(43)44/h8,11-12,16,18,22-25,28-29H,3-7,9-10,13-15,17,19-21,26-27H2,1-2H3,(H,43,44)(H,45,46). The van der Waals surface area contributed by atoms with E-state index < -0.39 is 11.9 Å². The highest BCUT2D eigenvalue weighted by molar-refractivity contribution is 5.96. The van der Waals surface area contributed by atoms with Crippen LogP contribution in [0, 0.1) is 5.92 Å². The molecular formula is C41H51NO9. The third-order valence-electron chi connectivity index (χ3n) is 9.90. The van der Waals surface area contributed by atoms with Crippen molar-refractivity contribution in [3.05, 3.63) is 71.3 Å². The summed E-state index contributed by atoms with van der Waals surface area (Å²) in [6.45, 7) is 6.07. The van der Waals surface area contributed by atoms with Gasteiger partial charge in [0.1, 0.15) is 11.5 Å². The van der Waals surface area contributed by atoms with Gasteiger partial charge in [0, 0.05) is 31.0 Å². The van der Waals surface area contributed by atoms with Gasteiger partial charge >= 0.3 is 11.9 Å². The van der Waals surface area contributed by atoms with Crippen molar-refractivity contribution in [1.29, 1.82) is 0 Å². The molecule has 0 bridgehead atoms. The number of piperidine rings is 1. The molecule has 0 saturated carbocycles. The predicted octanol–water partition coefficient (Wildman–Crippen LogP) is 8.18.